The molecule has 5 rings (SSSR count). The van der Waals surface area contributed by atoms with Crippen LogP contribution in [0.4, 0.5) is 27.5 Å². The summed E-state index contributed by atoms with van der Waals surface area (Å²) in [6, 6.07) is 13.0. The number of ether oxygens (including phenoxy) is 1. The Morgan fingerprint density at radius 2 is 2.03 bits per heavy atom. The van der Waals surface area contributed by atoms with E-state index in [9.17, 15) is 4.79 Å². The van der Waals surface area contributed by atoms with Gasteiger partial charge in [0.2, 0.25) is 0 Å². The third-order valence-corrected chi connectivity index (χ3v) is 5.12. The average Bonchev–Trinajstić information content (AvgIpc) is 3.34. The van der Waals surface area contributed by atoms with E-state index in [1.165, 1.54) is 0 Å². The van der Waals surface area contributed by atoms with E-state index >= 15 is 0 Å². The van der Waals surface area contributed by atoms with Gasteiger partial charge in [-0.15, -0.1) is 0 Å². The van der Waals surface area contributed by atoms with Crippen LogP contribution in [0.1, 0.15) is 13.8 Å². The molecular weight excluding hydrogens is 398 g/mol. The third kappa shape index (κ3) is 3.36. The number of amides is 2. The lowest BCUT2D eigenvalue weighted by Gasteiger charge is -2.36. The fourth-order valence-electron chi connectivity index (χ4n) is 3.64. The Morgan fingerprint density at radius 1 is 1.23 bits per heavy atom. The maximum absolute atomic E-state index is 11.7. The minimum atomic E-state index is -1.20. The lowest BCUT2D eigenvalue weighted by Crippen LogP contribution is -2.51. The number of hydrogen-bond donors (Lipinski definition) is 5. The van der Waals surface area contributed by atoms with Gasteiger partial charge in [0.05, 0.1) is 11.4 Å². The fraction of sp³-hybridized carbons (Fsp3) is 0.238. The van der Waals surface area contributed by atoms with Gasteiger partial charge in [0.25, 0.3) is 0 Å². The Bertz CT molecular complexity index is 1080. The van der Waals surface area contributed by atoms with Crippen LogP contribution in [0.5, 0.6) is 5.75 Å². The molecule has 0 aromatic heterocycles. The predicted molar refractivity (Wildman–Crippen MR) is 119 cm³/mol. The molecule has 3 heterocycles. The van der Waals surface area contributed by atoms with Crippen molar-refractivity contribution in [3.63, 3.8) is 0 Å². The molecule has 160 valence electrons. The highest BCUT2D eigenvalue weighted by Gasteiger charge is 2.49. The van der Waals surface area contributed by atoms with Crippen molar-refractivity contribution in [1.29, 1.82) is 0 Å². The van der Waals surface area contributed by atoms with Gasteiger partial charge < -0.3 is 26.0 Å². The minimum absolute atomic E-state index is 0.243. The monoisotopic (exact) mass is 421 g/mol. The van der Waals surface area contributed by atoms with Crippen LogP contribution in [0.2, 0.25) is 0 Å². The molecule has 0 aliphatic carbocycles. The Kier molecular flexibility index (Phi) is 4.55. The van der Waals surface area contributed by atoms with Crippen molar-refractivity contribution < 1.29 is 14.4 Å². The SMILES string of the molecule is CCNC(=O)Nc1ccc(NC23N=CC(C)=C(NO2)N3c2ccc3c(c2)NCO3)cc1. The first kappa shape index (κ1) is 19.1. The molecule has 0 radical (unpaired) electrons. The lowest BCUT2D eigenvalue weighted by molar-refractivity contribution is -0.0214. The topological polar surface area (TPSA) is 111 Å². The molecule has 2 aromatic rings. The van der Waals surface area contributed by atoms with E-state index in [1.54, 1.807) is 6.21 Å². The van der Waals surface area contributed by atoms with Crippen LogP contribution in [0, 0.1) is 0 Å². The number of nitrogens with zero attached hydrogens (tertiary/aromatic N) is 2. The molecule has 1 atom stereocenters. The van der Waals surface area contributed by atoms with Crippen molar-refractivity contribution in [2.75, 3.05) is 34.1 Å². The van der Waals surface area contributed by atoms with Gasteiger partial charge >= 0.3 is 12.0 Å². The molecule has 1 unspecified atom stereocenters. The van der Waals surface area contributed by atoms with E-state index in [1.807, 2.05) is 61.2 Å². The van der Waals surface area contributed by atoms with E-state index < -0.39 is 5.97 Å². The maximum Gasteiger partial charge on any atom is 0.351 e. The lowest BCUT2D eigenvalue weighted by atomic mass is 10.2. The van der Waals surface area contributed by atoms with Crippen molar-refractivity contribution in [3.05, 3.63) is 53.9 Å². The Hall–Kier alpha value is -3.92. The summed E-state index contributed by atoms with van der Waals surface area (Å²) in [5.74, 6) is 0.418. The van der Waals surface area contributed by atoms with Gasteiger partial charge in [0.1, 0.15) is 11.6 Å². The van der Waals surface area contributed by atoms with Gasteiger partial charge in [-0.1, -0.05) is 0 Å². The van der Waals surface area contributed by atoms with Crippen molar-refractivity contribution in [2.45, 2.75) is 19.8 Å². The van der Waals surface area contributed by atoms with Crippen molar-refractivity contribution >= 4 is 35.0 Å². The van der Waals surface area contributed by atoms with Crippen LogP contribution in [0.15, 0.2) is 58.9 Å². The molecule has 2 aromatic carbocycles. The minimum Gasteiger partial charge on any atom is -0.471 e. The van der Waals surface area contributed by atoms with Crippen molar-refractivity contribution in [1.82, 2.24) is 10.8 Å². The molecule has 10 nitrogen and oxygen atoms in total. The number of carbonyl (C=O) groups excluding carboxylic acids is 1. The van der Waals surface area contributed by atoms with E-state index in [4.69, 9.17) is 9.57 Å². The highest BCUT2D eigenvalue weighted by atomic mass is 16.7. The second kappa shape index (κ2) is 7.40. The fourth-order valence-corrected chi connectivity index (χ4v) is 3.64. The summed E-state index contributed by atoms with van der Waals surface area (Å²) in [4.78, 5) is 24.3. The molecular formula is C21H23N7O3. The number of rotatable bonds is 5. The van der Waals surface area contributed by atoms with Gasteiger partial charge in [0.15, 0.2) is 6.73 Å². The summed E-state index contributed by atoms with van der Waals surface area (Å²) in [6.45, 7) is 4.85. The summed E-state index contributed by atoms with van der Waals surface area (Å²) < 4.78 is 5.54. The van der Waals surface area contributed by atoms with Gasteiger partial charge in [-0.25, -0.2) is 20.1 Å². The summed E-state index contributed by atoms with van der Waals surface area (Å²) in [5.41, 5.74) is 7.20. The Labute approximate surface area is 179 Å². The zero-order chi connectivity index (χ0) is 21.4. The van der Waals surface area contributed by atoms with Crippen LogP contribution >= 0.6 is 0 Å². The number of hydrogen-bond acceptors (Lipinski definition) is 8. The van der Waals surface area contributed by atoms with Crippen LogP contribution in [-0.2, 0) is 4.84 Å². The van der Waals surface area contributed by atoms with Gasteiger partial charge in [-0.2, -0.15) is 0 Å². The number of anilines is 4. The molecule has 0 spiro atoms. The molecule has 5 N–H and O–H groups in total. The molecule has 31 heavy (non-hydrogen) atoms. The smallest absolute Gasteiger partial charge is 0.351 e. The highest BCUT2D eigenvalue weighted by molar-refractivity contribution is 5.89. The maximum atomic E-state index is 11.7. The van der Waals surface area contributed by atoms with Crippen molar-refractivity contribution in [2.24, 2.45) is 4.99 Å². The summed E-state index contributed by atoms with van der Waals surface area (Å²) in [6.07, 6.45) is 1.78. The van der Waals surface area contributed by atoms with Gasteiger partial charge in [0, 0.05) is 29.7 Å². The standard InChI is InChI=1S/C21H23N7O3/c1-3-22-20(29)25-14-4-6-15(7-5-14)26-21-24-11-13(2)19(27-31-21)28(21)16-8-9-18-17(10-16)23-12-30-18/h4-11,23,26-27H,3,12H2,1-2H3,(H2,22,25,29). The average molecular weight is 421 g/mol. The summed E-state index contributed by atoms with van der Waals surface area (Å²) in [7, 11) is 0. The van der Waals surface area contributed by atoms with E-state index in [-0.39, 0.29) is 6.03 Å². The second-order valence-electron chi connectivity index (χ2n) is 7.27. The van der Waals surface area contributed by atoms with Gasteiger partial charge in [-0.3, -0.25) is 4.90 Å². The molecule has 10 heteroatoms. The number of hydroxylamine groups is 1. The van der Waals surface area contributed by atoms with Gasteiger partial charge in [-0.05, 0) is 56.3 Å². The Morgan fingerprint density at radius 3 is 2.84 bits per heavy atom. The quantitative estimate of drug-likeness (QED) is 0.505. The zero-order valence-electron chi connectivity index (χ0n) is 17.2. The number of allylic oxidation sites excluding steroid dienone is 1. The molecule has 2 bridgehead atoms. The molecule has 1 fully saturated rings. The molecule has 3 aliphatic heterocycles. The molecule has 2 amide bonds. The third-order valence-electron chi connectivity index (χ3n) is 5.12. The normalized spacial score (nSPS) is 20.5. The van der Waals surface area contributed by atoms with E-state index in [0.717, 1.165) is 34.2 Å². The van der Waals surface area contributed by atoms with Crippen LogP contribution in [-0.4, -0.2) is 31.5 Å². The summed E-state index contributed by atoms with van der Waals surface area (Å²) in [5, 5.41) is 12.1. The first-order valence-corrected chi connectivity index (χ1v) is 10.0. The number of urea groups is 1. The number of carbonyl (C=O) groups is 1. The van der Waals surface area contributed by atoms with Crippen LogP contribution in [0.25, 0.3) is 0 Å². The number of fused-ring (bicyclic) bond motifs is 3. The largest absolute Gasteiger partial charge is 0.471 e. The first-order chi connectivity index (χ1) is 15.1. The molecule has 0 saturated carbocycles. The number of benzene rings is 2. The number of nitrogens with one attached hydrogen (secondary N) is 5. The molecule has 1 saturated heterocycles. The predicted octanol–water partition coefficient (Wildman–Crippen LogP) is 2.97. The first-order valence-electron chi connectivity index (χ1n) is 10.0. The number of aliphatic imine (C=N–C) groups is 1. The summed E-state index contributed by atoms with van der Waals surface area (Å²) >= 11 is 0. The molecule has 3 aliphatic rings. The highest BCUT2D eigenvalue weighted by Crippen LogP contribution is 2.42. The van der Waals surface area contributed by atoms with E-state index in [2.05, 4.69) is 31.7 Å². The second-order valence-corrected chi connectivity index (χ2v) is 7.27. The Balaban J connectivity index is 1.42. The van der Waals surface area contributed by atoms with E-state index in [0.29, 0.717) is 19.0 Å². The van der Waals surface area contributed by atoms with Crippen LogP contribution < -0.4 is 36.4 Å². The van der Waals surface area contributed by atoms with Crippen LogP contribution in [0.3, 0.4) is 0 Å². The van der Waals surface area contributed by atoms with Crippen molar-refractivity contribution in [3.8, 4) is 5.75 Å². The zero-order valence-corrected chi connectivity index (χ0v) is 17.2.